The van der Waals surface area contributed by atoms with Crippen molar-refractivity contribution in [2.24, 2.45) is 13.0 Å². The third kappa shape index (κ3) is 4.17. The molecule has 7 nitrogen and oxygen atoms in total. The number of Topliss-reactive ketones (excluding diaryl/α,β-unsaturated/α-hetero) is 1. The first kappa shape index (κ1) is 18.5. The van der Waals surface area contributed by atoms with Crippen LogP contribution in [0.2, 0.25) is 0 Å². The highest BCUT2D eigenvalue weighted by Gasteiger charge is 2.22. The molecule has 3 heterocycles. The number of thiocarbonyl (C=S) groups is 1. The Morgan fingerprint density at radius 3 is 2.79 bits per heavy atom. The minimum atomic E-state index is 0.186. The van der Waals surface area contributed by atoms with Gasteiger partial charge in [0.25, 0.3) is 0 Å². The van der Waals surface area contributed by atoms with Crippen molar-refractivity contribution >= 4 is 40.0 Å². The Balaban J connectivity index is 1.43. The van der Waals surface area contributed by atoms with Crippen LogP contribution in [-0.4, -0.2) is 37.2 Å². The largest absolute Gasteiger partial charge is 0.355 e. The van der Waals surface area contributed by atoms with Crippen molar-refractivity contribution in [3.05, 3.63) is 36.8 Å². The van der Waals surface area contributed by atoms with E-state index in [2.05, 4.69) is 25.7 Å². The second-order valence-corrected chi connectivity index (χ2v) is 7.53. The van der Waals surface area contributed by atoms with Crippen molar-refractivity contribution in [1.29, 1.82) is 0 Å². The van der Waals surface area contributed by atoms with Crippen molar-refractivity contribution in [3.63, 3.8) is 0 Å². The van der Waals surface area contributed by atoms with Crippen LogP contribution in [0.25, 0.3) is 22.2 Å². The van der Waals surface area contributed by atoms with E-state index in [1.54, 1.807) is 10.9 Å². The Morgan fingerprint density at radius 2 is 2.04 bits per heavy atom. The summed E-state index contributed by atoms with van der Waals surface area (Å²) < 4.78 is 1.75. The molecule has 0 aliphatic heterocycles. The SMILES string of the molecule is Cn1cc(-c2cnc3ccc(NC(=S)NCC(=O)C4CCCC4)nc3c2)cn1. The summed E-state index contributed by atoms with van der Waals surface area (Å²) in [4.78, 5) is 21.2. The lowest BCUT2D eigenvalue weighted by Gasteiger charge is -2.12. The second kappa shape index (κ2) is 8.02. The number of fused-ring (bicyclic) bond motifs is 1. The van der Waals surface area contributed by atoms with Gasteiger partial charge in [0.05, 0.1) is 23.8 Å². The summed E-state index contributed by atoms with van der Waals surface area (Å²) in [5, 5.41) is 10.7. The maximum atomic E-state index is 12.2. The van der Waals surface area contributed by atoms with E-state index in [1.807, 2.05) is 37.6 Å². The van der Waals surface area contributed by atoms with Crippen LogP contribution in [-0.2, 0) is 11.8 Å². The number of aromatic nitrogens is 4. The van der Waals surface area contributed by atoms with Gasteiger partial charge in [0.2, 0.25) is 0 Å². The zero-order valence-corrected chi connectivity index (χ0v) is 16.5. The van der Waals surface area contributed by atoms with Gasteiger partial charge in [-0.3, -0.25) is 14.5 Å². The second-order valence-electron chi connectivity index (χ2n) is 7.12. The summed E-state index contributed by atoms with van der Waals surface area (Å²) in [5.41, 5.74) is 3.50. The molecule has 2 N–H and O–H groups in total. The van der Waals surface area contributed by atoms with E-state index in [1.165, 1.54) is 0 Å². The van der Waals surface area contributed by atoms with Crippen LogP contribution < -0.4 is 10.6 Å². The average molecular weight is 395 g/mol. The number of anilines is 1. The van der Waals surface area contributed by atoms with E-state index in [0.717, 1.165) is 47.8 Å². The molecule has 0 aromatic carbocycles. The molecule has 28 heavy (non-hydrogen) atoms. The number of nitrogens with zero attached hydrogens (tertiary/aromatic N) is 4. The molecule has 0 atom stereocenters. The Morgan fingerprint density at radius 1 is 1.21 bits per heavy atom. The summed E-state index contributed by atoms with van der Waals surface area (Å²) in [6.45, 7) is 0.261. The van der Waals surface area contributed by atoms with Crippen LogP contribution in [0.15, 0.2) is 36.8 Å². The fourth-order valence-electron chi connectivity index (χ4n) is 3.52. The van der Waals surface area contributed by atoms with E-state index in [4.69, 9.17) is 12.2 Å². The van der Waals surface area contributed by atoms with Crippen LogP contribution in [0.5, 0.6) is 0 Å². The number of hydrogen-bond acceptors (Lipinski definition) is 5. The lowest BCUT2D eigenvalue weighted by Crippen LogP contribution is -2.35. The highest BCUT2D eigenvalue weighted by molar-refractivity contribution is 7.80. The van der Waals surface area contributed by atoms with Gasteiger partial charge in [0, 0.05) is 36.5 Å². The van der Waals surface area contributed by atoms with Crippen molar-refractivity contribution in [2.75, 3.05) is 11.9 Å². The first-order valence-electron chi connectivity index (χ1n) is 9.42. The van der Waals surface area contributed by atoms with E-state index < -0.39 is 0 Å². The molecule has 0 bridgehead atoms. The fraction of sp³-hybridized carbons (Fsp3) is 0.350. The molecule has 0 spiro atoms. The molecule has 144 valence electrons. The number of nitrogens with one attached hydrogen (secondary N) is 2. The summed E-state index contributed by atoms with van der Waals surface area (Å²) >= 11 is 5.32. The summed E-state index contributed by atoms with van der Waals surface area (Å²) in [7, 11) is 1.88. The predicted molar refractivity (Wildman–Crippen MR) is 113 cm³/mol. The first-order valence-corrected chi connectivity index (χ1v) is 9.83. The summed E-state index contributed by atoms with van der Waals surface area (Å²) in [6, 6.07) is 5.69. The van der Waals surface area contributed by atoms with Gasteiger partial charge in [-0.05, 0) is 43.3 Å². The third-order valence-electron chi connectivity index (χ3n) is 5.05. The third-order valence-corrected chi connectivity index (χ3v) is 5.30. The van der Waals surface area contributed by atoms with Gasteiger partial charge in [-0.1, -0.05) is 12.8 Å². The van der Waals surface area contributed by atoms with Crippen LogP contribution in [0.3, 0.4) is 0 Å². The first-order chi connectivity index (χ1) is 13.6. The smallest absolute Gasteiger partial charge is 0.172 e. The summed E-state index contributed by atoms with van der Waals surface area (Å²) in [5.74, 6) is 1.04. The monoisotopic (exact) mass is 394 g/mol. The van der Waals surface area contributed by atoms with Crippen LogP contribution >= 0.6 is 12.2 Å². The molecule has 3 aromatic rings. The molecular weight excluding hydrogens is 372 g/mol. The molecular formula is C20H22N6OS. The quantitative estimate of drug-likeness (QED) is 0.643. The molecule has 0 amide bonds. The molecule has 1 aliphatic rings. The molecule has 1 aliphatic carbocycles. The Bertz CT molecular complexity index is 1020. The van der Waals surface area contributed by atoms with Crippen molar-refractivity contribution in [1.82, 2.24) is 25.1 Å². The number of carbonyl (C=O) groups excluding carboxylic acids is 1. The number of pyridine rings is 2. The Hall–Kier alpha value is -2.87. The van der Waals surface area contributed by atoms with Crippen molar-refractivity contribution in [3.8, 4) is 11.1 Å². The Labute approximate surface area is 168 Å². The van der Waals surface area contributed by atoms with Gasteiger partial charge in [-0.25, -0.2) is 4.98 Å². The lowest BCUT2D eigenvalue weighted by atomic mass is 10.0. The fourth-order valence-corrected chi connectivity index (χ4v) is 3.70. The number of carbonyl (C=O) groups is 1. The van der Waals surface area contributed by atoms with Gasteiger partial charge in [-0.15, -0.1) is 0 Å². The predicted octanol–water partition coefficient (Wildman–Crippen LogP) is 3.08. The van der Waals surface area contributed by atoms with E-state index >= 15 is 0 Å². The Kier molecular flexibility index (Phi) is 5.29. The highest BCUT2D eigenvalue weighted by atomic mass is 32.1. The van der Waals surface area contributed by atoms with Crippen LogP contribution in [0.4, 0.5) is 5.82 Å². The van der Waals surface area contributed by atoms with E-state index in [9.17, 15) is 4.79 Å². The van der Waals surface area contributed by atoms with Crippen molar-refractivity contribution < 1.29 is 4.79 Å². The molecule has 0 unspecified atom stereocenters. The summed E-state index contributed by atoms with van der Waals surface area (Å²) in [6.07, 6.45) is 9.84. The number of hydrogen-bond donors (Lipinski definition) is 2. The zero-order valence-electron chi connectivity index (χ0n) is 15.7. The van der Waals surface area contributed by atoms with Gasteiger partial charge in [-0.2, -0.15) is 5.10 Å². The van der Waals surface area contributed by atoms with Gasteiger partial charge < -0.3 is 10.6 Å². The van der Waals surface area contributed by atoms with Crippen LogP contribution in [0, 0.1) is 5.92 Å². The maximum absolute atomic E-state index is 12.2. The molecule has 1 saturated carbocycles. The van der Waals surface area contributed by atoms with Crippen molar-refractivity contribution in [2.45, 2.75) is 25.7 Å². The minimum absolute atomic E-state index is 0.186. The lowest BCUT2D eigenvalue weighted by molar-refractivity contribution is -0.121. The number of ketones is 1. The molecule has 3 aromatic heterocycles. The molecule has 0 saturated heterocycles. The van der Waals surface area contributed by atoms with Gasteiger partial charge >= 0.3 is 0 Å². The number of rotatable bonds is 5. The maximum Gasteiger partial charge on any atom is 0.172 e. The van der Waals surface area contributed by atoms with Gasteiger partial charge in [0.15, 0.2) is 10.9 Å². The topological polar surface area (TPSA) is 84.7 Å². The van der Waals surface area contributed by atoms with Gasteiger partial charge in [0.1, 0.15) is 5.82 Å². The van der Waals surface area contributed by atoms with E-state index in [0.29, 0.717) is 10.9 Å². The normalized spacial score (nSPS) is 14.3. The van der Waals surface area contributed by atoms with Crippen LogP contribution in [0.1, 0.15) is 25.7 Å². The standard InChI is InChI=1S/C20H22N6OS/c1-26-12-15(10-23-26)14-8-17-16(21-9-14)6-7-19(24-17)25-20(28)22-11-18(27)13-4-2-3-5-13/h6-10,12-13H,2-5,11H2,1H3,(H2,22,24,25,28). The minimum Gasteiger partial charge on any atom is -0.355 e. The molecule has 0 radical (unpaired) electrons. The van der Waals surface area contributed by atoms with E-state index in [-0.39, 0.29) is 18.2 Å². The average Bonchev–Trinajstić information content (AvgIpc) is 3.37. The molecule has 8 heteroatoms. The highest BCUT2D eigenvalue weighted by Crippen LogP contribution is 2.25. The molecule has 4 rings (SSSR count). The molecule has 1 fully saturated rings. The zero-order chi connectivity index (χ0) is 19.5. The number of aryl methyl sites for hydroxylation is 1.